The van der Waals surface area contributed by atoms with Crippen LogP contribution in [0.2, 0.25) is 0 Å². The van der Waals surface area contributed by atoms with E-state index in [4.69, 9.17) is 11.6 Å². The lowest BCUT2D eigenvalue weighted by Crippen LogP contribution is -2.13. The van der Waals surface area contributed by atoms with Gasteiger partial charge in [-0.2, -0.15) is 13.2 Å². The molecule has 0 spiro atoms. The molecule has 0 aliphatic heterocycles. The van der Waals surface area contributed by atoms with Crippen LogP contribution in [0.3, 0.4) is 0 Å². The summed E-state index contributed by atoms with van der Waals surface area (Å²) in [6.07, 6.45) is 0. The van der Waals surface area contributed by atoms with Crippen LogP contribution in [0.15, 0.2) is 29.2 Å². The molecular formula is C8H7ClF3NO2S2. The molecule has 17 heavy (non-hydrogen) atoms. The van der Waals surface area contributed by atoms with Crippen LogP contribution in [0, 0.1) is 0 Å². The number of benzene rings is 1. The predicted molar refractivity (Wildman–Crippen MR) is 61.6 cm³/mol. The Morgan fingerprint density at radius 1 is 1.24 bits per heavy atom. The number of hydrogen-bond acceptors (Lipinski definition) is 3. The average Bonchev–Trinajstić information content (AvgIpc) is 2.19. The van der Waals surface area contributed by atoms with Gasteiger partial charge in [0.25, 0.3) is 0 Å². The third-order valence-corrected chi connectivity index (χ3v) is 3.94. The first-order chi connectivity index (χ1) is 7.72. The first-order valence-electron chi connectivity index (χ1n) is 4.14. The number of sulfonamides is 1. The van der Waals surface area contributed by atoms with Crippen molar-refractivity contribution in [2.45, 2.75) is 10.4 Å². The maximum absolute atomic E-state index is 12.0. The van der Waals surface area contributed by atoms with Gasteiger partial charge in [-0.05, 0) is 36.0 Å². The van der Waals surface area contributed by atoms with Crippen molar-refractivity contribution in [2.24, 2.45) is 0 Å². The Kier molecular flexibility index (Phi) is 4.56. The monoisotopic (exact) mass is 305 g/mol. The van der Waals surface area contributed by atoms with Crippen molar-refractivity contribution in [1.29, 1.82) is 0 Å². The number of hydrogen-bond donors (Lipinski definition) is 1. The number of anilines is 1. The first kappa shape index (κ1) is 14.5. The van der Waals surface area contributed by atoms with Crippen LogP contribution in [0.4, 0.5) is 18.9 Å². The zero-order valence-electron chi connectivity index (χ0n) is 8.16. The fourth-order valence-corrected chi connectivity index (χ4v) is 2.18. The molecule has 0 aliphatic carbocycles. The molecule has 96 valence electrons. The topological polar surface area (TPSA) is 46.2 Å². The third kappa shape index (κ3) is 5.51. The van der Waals surface area contributed by atoms with E-state index < -0.39 is 20.7 Å². The van der Waals surface area contributed by atoms with Crippen LogP contribution in [-0.2, 0) is 10.0 Å². The van der Waals surface area contributed by atoms with Gasteiger partial charge < -0.3 is 0 Å². The molecule has 0 heterocycles. The van der Waals surface area contributed by atoms with Gasteiger partial charge in [0.1, 0.15) is 5.21 Å². The Bertz CT molecular complexity index is 473. The minimum absolute atomic E-state index is 0.0219. The molecule has 1 aromatic carbocycles. The van der Waals surface area contributed by atoms with Gasteiger partial charge in [-0.3, -0.25) is 4.72 Å². The molecule has 1 N–H and O–H groups in total. The van der Waals surface area contributed by atoms with E-state index in [2.05, 4.69) is 4.72 Å². The molecule has 0 aliphatic rings. The van der Waals surface area contributed by atoms with Crippen LogP contribution in [0.1, 0.15) is 0 Å². The fraction of sp³-hybridized carbons (Fsp3) is 0.250. The van der Waals surface area contributed by atoms with E-state index in [1.807, 2.05) is 0 Å². The predicted octanol–water partition coefficient (Wildman–Crippen LogP) is 3.24. The maximum atomic E-state index is 12.0. The maximum Gasteiger partial charge on any atom is 0.446 e. The Balaban J connectivity index is 2.76. The van der Waals surface area contributed by atoms with Crippen molar-refractivity contribution in [2.75, 3.05) is 9.93 Å². The first-order valence-corrected chi connectivity index (χ1v) is 7.14. The highest BCUT2D eigenvalue weighted by Crippen LogP contribution is 2.37. The Morgan fingerprint density at radius 2 is 1.76 bits per heavy atom. The summed E-state index contributed by atoms with van der Waals surface area (Å²) in [5, 5.41) is -0.619. The lowest BCUT2D eigenvalue weighted by atomic mass is 10.3. The molecule has 0 fully saturated rings. The fourth-order valence-electron chi connectivity index (χ4n) is 0.931. The van der Waals surface area contributed by atoms with Gasteiger partial charge >= 0.3 is 5.51 Å². The molecule has 0 aromatic heterocycles. The lowest BCUT2D eigenvalue weighted by Gasteiger charge is -2.07. The summed E-state index contributed by atoms with van der Waals surface area (Å²) in [6.45, 7) is 0. The minimum Gasteiger partial charge on any atom is -0.283 e. The van der Waals surface area contributed by atoms with E-state index in [9.17, 15) is 21.6 Å². The zero-order valence-corrected chi connectivity index (χ0v) is 10.6. The SMILES string of the molecule is O=S(=O)(CCl)Nc1ccc(SC(F)(F)F)cc1. The number of alkyl halides is 4. The van der Waals surface area contributed by atoms with Crippen molar-refractivity contribution in [3.8, 4) is 0 Å². The van der Waals surface area contributed by atoms with Crippen LogP contribution >= 0.6 is 23.4 Å². The summed E-state index contributed by atoms with van der Waals surface area (Å²) < 4.78 is 60.2. The Hall–Kier alpha value is -0.600. The molecular weight excluding hydrogens is 299 g/mol. The van der Waals surface area contributed by atoms with Crippen molar-refractivity contribution in [3.63, 3.8) is 0 Å². The second kappa shape index (κ2) is 5.36. The normalized spacial score (nSPS) is 12.5. The summed E-state index contributed by atoms with van der Waals surface area (Å²) in [7, 11) is -3.63. The molecule has 1 aromatic rings. The molecule has 0 unspecified atom stereocenters. The zero-order chi connectivity index (χ0) is 13.1. The van der Waals surface area contributed by atoms with Gasteiger partial charge in [-0.15, -0.1) is 11.6 Å². The van der Waals surface area contributed by atoms with Gasteiger partial charge in [0.15, 0.2) is 0 Å². The van der Waals surface area contributed by atoms with Crippen LogP contribution in [0.25, 0.3) is 0 Å². The highest BCUT2D eigenvalue weighted by atomic mass is 35.5. The van der Waals surface area contributed by atoms with Gasteiger partial charge in [0, 0.05) is 10.6 Å². The third-order valence-electron chi connectivity index (χ3n) is 1.50. The summed E-state index contributed by atoms with van der Waals surface area (Å²) in [4.78, 5) is -0.0219. The van der Waals surface area contributed by atoms with Crippen molar-refractivity contribution < 1.29 is 21.6 Å². The van der Waals surface area contributed by atoms with Crippen LogP contribution in [0.5, 0.6) is 0 Å². The Labute approximate surface area is 105 Å². The molecule has 0 atom stereocenters. The standard InChI is InChI=1S/C8H7ClF3NO2S2/c9-5-17(14,15)13-6-1-3-7(4-2-6)16-8(10,11)12/h1-4,13H,5H2. The van der Waals surface area contributed by atoms with Gasteiger partial charge in [-0.1, -0.05) is 0 Å². The molecule has 0 saturated heterocycles. The van der Waals surface area contributed by atoms with Gasteiger partial charge in [0.05, 0.1) is 0 Å². The second-order valence-corrected chi connectivity index (χ2v) is 6.34. The van der Waals surface area contributed by atoms with Crippen molar-refractivity contribution in [3.05, 3.63) is 24.3 Å². The summed E-state index contributed by atoms with van der Waals surface area (Å²) in [5.41, 5.74) is -4.20. The summed E-state index contributed by atoms with van der Waals surface area (Å²) in [5.74, 6) is 0. The number of nitrogens with one attached hydrogen (secondary N) is 1. The van der Waals surface area contributed by atoms with E-state index in [0.717, 1.165) is 0 Å². The highest BCUT2D eigenvalue weighted by molar-refractivity contribution is 8.00. The van der Waals surface area contributed by atoms with Crippen molar-refractivity contribution in [1.82, 2.24) is 0 Å². The van der Waals surface area contributed by atoms with E-state index in [1.165, 1.54) is 24.3 Å². The number of rotatable bonds is 4. The van der Waals surface area contributed by atoms with Crippen molar-refractivity contribution >= 4 is 39.1 Å². The van der Waals surface area contributed by atoms with Gasteiger partial charge in [0.2, 0.25) is 10.0 Å². The molecule has 3 nitrogen and oxygen atoms in total. The second-order valence-electron chi connectivity index (χ2n) is 2.90. The minimum atomic E-state index is -4.36. The van der Waals surface area contributed by atoms with E-state index in [0.29, 0.717) is 0 Å². The lowest BCUT2D eigenvalue weighted by molar-refractivity contribution is -0.0328. The van der Waals surface area contributed by atoms with Crippen LogP contribution < -0.4 is 4.72 Å². The molecule has 0 amide bonds. The largest absolute Gasteiger partial charge is 0.446 e. The highest BCUT2D eigenvalue weighted by Gasteiger charge is 2.29. The summed E-state index contributed by atoms with van der Waals surface area (Å²) in [6, 6.07) is 4.81. The Morgan fingerprint density at radius 3 is 2.18 bits per heavy atom. The van der Waals surface area contributed by atoms with Crippen LogP contribution in [-0.4, -0.2) is 19.1 Å². The quantitative estimate of drug-likeness (QED) is 0.686. The average molecular weight is 306 g/mol. The molecule has 0 saturated carbocycles. The molecule has 1 rings (SSSR count). The number of thioether (sulfide) groups is 1. The van der Waals surface area contributed by atoms with E-state index in [1.54, 1.807) is 0 Å². The molecule has 9 heteroatoms. The van der Waals surface area contributed by atoms with Gasteiger partial charge in [-0.25, -0.2) is 8.42 Å². The number of halogens is 4. The van der Waals surface area contributed by atoms with E-state index >= 15 is 0 Å². The summed E-state index contributed by atoms with van der Waals surface area (Å²) >= 11 is 4.89. The molecule has 0 radical (unpaired) electrons. The molecule has 0 bridgehead atoms. The smallest absolute Gasteiger partial charge is 0.283 e. The van der Waals surface area contributed by atoms with E-state index in [-0.39, 0.29) is 22.3 Å².